The first kappa shape index (κ1) is 71.0. The summed E-state index contributed by atoms with van der Waals surface area (Å²) in [6.07, 6.45) is 7.51. The average Bonchev–Trinajstić information content (AvgIpc) is 1.64. The molecule has 18 N–H and O–H groups in total. The molecule has 0 saturated carbocycles. The summed E-state index contributed by atoms with van der Waals surface area (Å²) in [4.78, 5) is 174. The molecule has 0 aliphatic carbocycles. The number of carbonyl (C=O) groups excluding carboxylic acids is 11. The van der Waals surface area contributed by atoms with Crippen molar-refractivity contribution < 1.29 is 68.1 Å². The molecule has 0 radical (unpaired) electrons. The van der Waals surface area contributed by atoms with Crippen LogP contribution in [0.2, 0.25) is 0 Å². The monoisotopic (exact) mass is 1390 g/mol. The van der Waals surface area contributed by atoms with Crippen LogP contribution in [0.4, 0.5) is 0 Å². The third-order valence-electron chi connectivity index (χ3n) is 18.2. The maximum Gasteiger partial charge on any atom is 0.246 e. The second-order valence-corrected chi connectivity index (χ2v) is 25.3. The van der Waals surface area contributed by atoms with E-state index in [4.69, 9.17) is 5.73 Å². The fourth-order valence-corrected chi connectivity index (χ4v) is 12.9. The number of benzene rings is 5. The second-order valence-electron chi connectivity index (χ2n) is 25.3. The topological polar surface area (TPSA) is 462 Å². The van der Waals surface area contributed by atoms with Gasteiger partial charge in [0.25, 0.3) is 0 Å². The van der Waals surface area contributed by atoms with Crippen molar-refractivity contribution in [3.63, 3.8) is 0 Å². The average molecular weight is 1390 g/mol. The molecule has 30 nitrogen and oxygen atoms in total. The summed E-state index contributed by atoms with van der Waals surface area (Å²) >= 11 is 0. The fraction of sp³-hybridized carbons (Fsp3) is 0.306. The lowest BCUT2D eigenvalue weighted by Gasteiger charge is -2.30. The number of nitrogens with two attached hydrogens (primary N) is 1. The molecule has 102 heavy (non-hydrogen) atoms. The van der Waals surface area contributed by atoms with Crippen LogP contribution in [0.5, 0.6) is 11.5 Å². The molecule has 530 valence electrons. The standard InChI is InChI=1S/C72H78N16O14/c73-62(92)36-78-71(101)61-14-7-25-88(61)72(102)59(27-40-17-21-46(91)22-18-40)86-67(97)56(29-42-33-76-51-12-5-2-9-48(42)51)83-66(96)55(28-41-32-75-50-11-4-1-8-47(41)50)82-65(95)54(26-39-15-19-45(90)20-16-39)81-70(100)60(37-89)87-68(98)57(30-43-34-77-52-13-6-3-10-49(43)52)84-69(99)58(31-44-35-74-38-79-44)85-64(94)53-23-24-63(93)80-53/h1-6,8-13,15-22,32-35,38,53-61,75-77,89-91H,7,14,23-31,36-37H2,(H2,73,92)(H,74,79)(H,78,101)(H,80,93)(H,81,100)(H,82,95)(H,83,96)(H,84,99)(H,85,94)(H,86,97)(H,87,98)/t53-,54-,55+,56-,57-,58-,59-,60-,61-/m0/s1. The molecule has 11 rings (SSSR count). The highest BCUT2D eigenvalue weighted by Gasteiger charge is 2.41. The molecule has 0 spiro atoms. The highest BCUT2D eigenvalue weighted by atomic mass is 16.3. The molecule has 0 bridgehead atoms. The van der Waals surface area contributed by atoms with E-state index < -0.39 is 127 Å². The number of hydrogen-bond donors (Lipinski definition) is 17. The quantitative estimate of drug-likeness (QED) is 0.0278. The number of aromatic nitrogens is 5. The van der Waals surface area contributed by atoms with Gasteiger partial charge in [-0.15, -0.1) is 0 Å². The molecule has 2 fully saturated rings. The van der Waals surface area contributed by atoms with E-state index in [0.717, 1.165) is 0 Å². The zero-order valence-corrected chi connectivity index (χ0v) is 55.1. The number of H-pyrrole nitrogens is 4. The van der Waals surface area contributed by atoms with Crippen LogP contribution in [0.15, 0.2) is 152 Å². The number of imidazole rings is 1. The summed E-state index contributed by atoms with van der Waals surface area (Å²) in [6.45, 7) is -1.42. The molecule has 9 aromatic rings. The van der Waals surface area contributed by atoms with Crippen molar-refractivity contribution in [2.75, 3.05) is 19.7 Å². The third-order valence-corrected chi connectivity index (χ3v) is 18.2. The predicted molar refractivity (Wildman–Crippen MR) is 371 cm³/mol. The minimum absolute atomic E-state index is 0.0672. The van der Waals surface area contributed by atoms with E-state index in [1.807, 2.05) is 18.2 Å². The summed E-state index contributed by atoms with van der Waals surface area (Å²) in [5.41, 5.74) is 10.3. The zero-order chi connectivity index (χ0) is 72.0. The Morgan fingerprint density at radius 3 is 1.35 bits per heavy atom. The molecule has 0 unspecified atom stereocenters. The number of aromatic amines is 4. The molecule has 5 aromatic carbocycles. The van der Waals surface area contributed by atoms with Crippen LogP contribution in [0.1, 0.15) is 59.2 Å². The maximum absolute atomic E-state index is 15.5. The summed E-state index contributed by atoms with van der Waals surface area (Å²) in [6, 6.07) is 20.4. The summed E-state index contributed by atoms with van der Waals surface area (Å²) in [5.74, 6) is -8.93. The van der Waals surface area contributed by atoms with Crippen LogP contribution < -0.4 is 53.6 Å². The van der Waals surface area contributed by atoms with Crippen molar-refractivity contribution >= 4 is 97.7 Å². The Kier molecular flexibility index (Phi) is 22.6. The Bertz CT molecular complexity index is 4550. The molecule has 2 aliphatic heterocycles. The number of nitrogens with zero attached hydrogens (tertiary/aromatic N) is 2. The molecule has 9 atom stereocenters. The fourth-order valence-electron chi connectivity index (χ4n) is 12.9. The van der Waals surface area contributed by atoms with Crippen molar-refractivity contribution in [2.24, 2.45) is 5.73 Å². The minimum atomic E-state index is -1.82. The molecule has 6 heterocycles. The lowest BCUT2D eigenvalue weighted by Crippen LogP contribution is -2.62. The number of carbonyl (C=O) groups is 11. The van der Waals surface area contributed by atoms with E-state index in [2.05, 4.69) is 72.8 Å². The molecule has 2 aliphatic rings. The Balaban J connectivity index is 0.881. The van der Waals surface area contributed by atoms with Crippen LogP contribution in [0, 0.1) is 0 Å². The van der Waals surface area contributed by atoms with Gasteiger partial charge in [-0.05, 0) is 89.5 Å². The van der Waals surface area contributed by atoms with E-state index in [1.165, 1.54) is 53.8 Å². The summed E-state index contributed by atoms with van der Waals surface area (Å²) < 4.78 is 0. The van der Waals surface area contributed by atoms with Crippen LogP contribution in [0.3, 0.4) is 0 Å². The molecule has 4 aromatic heterocycles. The van der Waals surface area contributed by atoms with Crippen LogP contribution in [0.25, 0.3) is 32.7 Å². The maximum atomic E-state index is 15.5. The van der Waals surface area contributed by atoms with E-state index in [1.54, 1.807) is 85.3 Å². The van der Waals surface area contributed by atoms with Crippen molar-refractivity contribution in [1.82, 2.24) is 77.7 Å². The Hall–Kier alpha value is -12.3. The Morgan fingerprint density at radius 1 is 0.500 bits per heavy atom. The van der Waals surface area contributed by atoms with Gasteiger partial charge < -0.3 is 93.7 Å². The van der Waals surface area contributed by atoms with Crippen LogP contribution in [-0.2, 0) is 91.3 Å². The van der Waals surface area contributed by atoms with Gasteiger partial charge in [-0.1, -0.05) is 78.9 Å². The van der Waals surface area contributed by atoms with Crippen LogP contribution >= 0.6 is 0 Å². The van der Waals surface area contributed by atoms with E-state index in [0.29, 0.717) is 72.6 Å². The highest BCUT2D eigenvalue weighted by molar-refractivity contribution is 6.00. The predicted octanol–water partition coefficient (Wildman–Crippen LogP) is 0.278. The molecular weight excluding hydrogens is 1310 g/mol. The lowest BCUT2D eigenvalue weighted by molar-refractivity contribution is -0.142. The van der Waals surface area contributed by atoms with Gasteiger partial charge in [0.05, 0.1) is 25.2 Å². The third kappa shape index (κ3) is 17.7. The number of phenols is 2. The number of aromatic hydroxyl groups is 2. The highest BCUT2D eigenvalue weighted by Crippen LogP contribution is 2.26. The number of nitrogens with one attached hydrogen (secondary N) is 13. The first-order valence-corrected chi connectivity index (χ1v) is 33.3. The number of hydrogen-bond acceptors (Lipinski definition) is 15. The number of likely N-dealkylation sites (tertiary alicyclic amines) is 1. The van der Waals surface area contributed by atoms with E-state index >= 15 is 14.4 Å². The number of aliphatic hydroxyl groups excluding tert-OH is 1. The SMILES string of the molecule is NC(=O)CNC(=O)[C@@H]1CCCN1C(=O)[C@H](Cc1ccc(O)cc1)NC(=O)[C@H](Cc1c[nH]c2ccccc12)NC(=O)[C@@H](Cc1c[nH]c2ccccc12)NC(=O)[C@H](Cc1ccc(O)cc1)NC(=O)[C@H](CO)NC(=O)[C@H](Cc1c[nH]c2ccccc12)NC(=O)[C@H](Cc1c[nH]cn1)NC(=O)[C@@H]1CCC(=O)N1. The van der Waals surface area contributed by atoms with Gasteiger partial charge in [0, 0.05) is 109 Å². The zero-order valence-electron chi connectivity index (χ0n) is 55.1. The number of amides is 11. The molecular formula is C72H78N16O14. The molecule has 2 saturated heterocycles. The Morgan fingerprint density at radius 2 is 0.922 bits per heavy atom. The number of phenolic OH excluding ortho intramolecular Hbond substituents is 2. The first-order valence-electron chi connectivity index (χ1n) is 33.3. The van der Waals surface area contributed by atoms with Crippen LogP contribution in [-0.4, -0.2) is 184 Å². The second kappa shape index (κ2) is 32.6. The summed E-state index contributed by atoms with van der Waals surface area (Å²) in [5, 5.41) is 57.8. The van der Waals surface area contributed by atoms with Gasteiger partial charge in [-0.25, -0.2) is 4.98 Å². The number of fused-ring (bicyclic) bond motifs is 3. The molecule has 30 heteroatoms. The smallest absolute Gasteiger partial charge is 0.246 e. The number of para-hydroxylation sites is 3. The number of aliphatic hydroxyl groups is 1. The number of primary amides is 1. The molecule has 11 amide bonds. The minimum Gasteiger partial charge on any atom is -0.508 e. The van der Waals surface area contributed by atoms with E-state index in [9.17, 15) is 53.7 Å². The van der Waals surface area contributed by atoms with Gasteiger partial charge in [0.2, 0.25) is 65.0 Å². The van der Waals surface area contributed by atoms with E-state index in [-0.39, 0.29) is 81.7 Å². The normalized spacial score (nSPS) is 16.3. The van der Waals surface area contributed by atoms with Crippen molar-refractivity contribution in [3.05, 3.63) is 186 Å². The van der Waals surface area contributed by atoms with Gasteiger partial charge in [0.1, 0.15) is 65.9 Å². The van der Waals surface area contributed by atoms with Gasteiger partial charge >= 0.3 is 0 Å². The Labute approximate surface area is 582 Å². The van der Waals surface area contributed by atoms with Crippen molar-refractivity contribution in [1.29, 1.82) is 0 Å². The van der Waals surface area contributed by atoms with Crippen molar-refractivity contribution in [3.8, 4) is 11.5 Å². The first-order chi connectivity index (χ1) is 49.2. The van der Waals surface area contributed by atoms with Gasteiger partial charge in [-0.2, -0.15) is 0 Å². The van der Waals surface area contributed by atoms with Gasteiger partial charge in [0.15, 0.2) is 0 Å². The summed E-state index contributed by atoms with van der Waals surface area (Å²) in [7, 11) is 0. The number of rotatable bonds is 31. The van der Waals surface area contributed by atoms with Gasteiger partial charge in [-0.3, -0.25) is 52.7 Å². The largest absolute Gasteiger partial charge is 0.508 e. The lowest BCUT2D eigenvalue weighted by atomic mass is 9.99. The van der Waals surface area contributed by atoms with Crippen molar-refractivity contribution in [2.45, 2.75) is 119 Å².